The minimum absolute atomic E-state index is 0. The summed E-state index contributed by atoms with van der Waals surface area (Å²) in [6.07, 6.45) is 0. The number of rotatable bonds is 1. The second-order valence-electron chi connectivity index (χ2n) is 0.577. The van der Waals surface area contributed by atoms with Gasteiger partial charge in [-0.1, -0.05) is 0 Å². The van der Waals surface area contributed by atoms with E-state index in [0.717, 1.165) is 0 Å². The molecule has 0 aliphatic rings. The Kier molecular flexibility index (Phi) is 16.1. The van der Waals surface area contributed by atoms with Crippen LogP contribution in [0.2, 0.25) is 0 Å². The summed E-state index contributed by atoms with van der Waals surface area (Å²) < 4.78 is 0. The molecule has 4 N–H and O–H groups in total. The van der Waals surface area contributed by atoms with Crippen molar-refractivity contribution >= 4 is 0 Å². The van der Waals surface area contributed by atoms with E-state index in [2.05, 4.69) is 0 Å². The van der Waals surface area contributed by atoms with Crippen LogP contribution in [-0.2, 0) is 19.5 Å². The Hall–Kier alpha value is 0.543. The summed E-state index contributed by atoms with van der Waals surface area (Å²) in [6.45, 7) is 1.19. The van der Waals surface area contributed by atoms with Crippen LogP contribution >= 0.6 is 0 Å². The number of hydrogen-bond donors (Lipinski definition) is 2. The van der Waals surface area contributed by atoms with Crippen LogP contribution in [0.4, 0.5) is 0 Å². The molecule has 0 heterocycles. The second-order valence-corrected chi connectivity index (χ2v) is 0.577. The molecule has 0 saturated carbocycles. The molecule has 2 nitrogen and oxygen atoms in total. The molecule has 0 bridgehead atoms. The van der Waals surface area contributed by atoms with Gasteiger partial charge in [0.05, 0.1) is 0 Å². The van der Waals surface area contributed by atoms with Crippen LogP contribution in [0.3, 0.4) is 0 Å². The normalized spacial score (nSPS) is 6.00. The van der Waals surface area contributed by atoms with Gasteiger partial charge < -0.3 is 11.5 Å². The second kappa shape index (κ2) is 8.82. The zero-order chi connectivity index (χ0) is 3.41. The van der Waals surface area contributed by atoms with E-state index >= 15 is 0 Å². The predicted molar refractivity (Wildman–Crippen MR) is 18.1 cm³/mol. The summed E-state index contributed by atoms with van der Waals surface area (Å²) in [5, 5.41) is 0. The molecule has 0 rings (SSSR count). The van der Waals surface area contributed by atoms with Crippen molar-refractivity contribution < 1.29 is 19.5 Å². The molecule has 0 unspecified atom stereocenters. The van der Waals surface area contributed by atoms with Gasteiger partial charge in [0, 0.05) is 13.1 Å². The molecule has 0 saturated heterocycles. The van der Waals surface area contributed by atoms with Crippen molar-refractivity contribution in [1.29, 1.82) is 0 Å². The standard InChI is InChI=1S/C2H8N2.Rh/c3-1-2-4;/h1-4H2;/q;+3. The summed E-state index contributed by atoms with van der Waals surface area (Å²) in [6, 6.07) is 0. The van der Waals surface area contributed by atoms with Crippen LogP contribution in [0.25, 0.3) is 0 Å². The van der Waals surface area contributed by atoms with Gasteiger partial charge in [0.1, 0.15) is 0 Å². The maximum absolute atomic E-state index is 4.90. The zero-order valence-corrected chi connectivity index (χ0v) is 4.54. The fourth-order valence-corrected chi connectivity index (χ4v) is 0. The van der Waals surface area contributed by atoms with Crippen LogP contribution < -0.4 is 11.5 Å². The molecular formula is C2H8N2Rh+3. The van der Waals surface area contributed by atoms with Crippen molar-refractivity contribution in [2.75, 3.05) is 13.1 Å². The van der Waals surface area contributed by atoms with E-state index in [1.54, 1.807) is 0 Å². The largest absolute Gasteiger partial charge is 3.00 e. The van der Waals surface area contributed by atoms with Crippen LogP contribution in [-0.4, -0.2) is 13.1 Å². The molecule has 32 valence electrons. The van der Waals surface area contributed by atoms with E-state index < -0.39 is 0 Å². The van der Waals surface area contributed by atoms with E-state index in [0.29, 0.717) is 13.1 Å². The van der Waals surface area contributed by atoms with Crippen molar-refractivity contribution in [3.05, 3.63) is 0 Å². The van der Waals surface area contributed by atoms with Gasteiger partial charge in [0.15, 0.2) is 0 Å². The summed E-state index contributed by atoms with van der Waals surface area (Å²) in [4.78, 5) is 0. The fourth-order valence-electron chi connectivity index (χ4n) is 0. The van der Waals surface area contributed by atoms with Gasteiger partial charge >= 0.3 is 19.5 Å². The average molecular weight is 163 g/mol. The summed E-state index contributed by atoms with van der Waals surface area (Å²) in [7, 11) is 0. The maximum atomic E-state index is 4.90. The minimum Gasteiger partial charge on any atom is -0.329 e. The fraction of sp³-hybridized carbons (Fsp3) is 1.00. The zero-order valence-electron chi connectivity index (χ0n) is 2.90. The van der Waals surface area contributed by atoms with Crippen molar-refractivity contribution in [3.63, 3.8) is 0 Å². The van der Waals surface area contributed by atoms with E-state index in [4.69, 9.17) is 11.5 Å². The van der Waals surface area contributed by atoms with Gasteiger partial charge in [-0.15, -0.1) is 0 Å². The minimum atomic E-state index is 0. The Balaban J connectivity index is 0. The third-order valence-electron chi connectivity index (χ3n) is 0.167. The monoisotopic (exact) mass is 163 g/mol. The van der Waals surface area contributed by atoms with Gasteiger partial charge in [-0.3, -0.25) is 0 Å². The van der Waals surface area contributed by atoms with Gasteiger partial charge in [-0.05, 0) is 0 Å². The van der Waals surface area contributed by atoms with Crippen LogP contribution in [0.1, 0.15) is 0 Å². The van der Waals surface area contributed by atoms with E-state index in [1.165, 1.54) is 0 Å². The molecule has 0 aliphatic heterocycles. The van der Waals surface area contributed by atoms with Crippen LogP contribution in [0.15, 0.2) is 0 Å². The molecule has 3 heteroatoms. The van der Waals surface area contributed by atoms with Gasteiger partial charge in [-0.2, -0.15) is 0 Å². The first kappa shape index (κ1) is 9.11. The summed E-state index contributed by atoms with van der Waals surface area (Å²) >= 11 is 0. The topological polar surface area (TPSA) is 52.0 Å². The Morgan fingerprint density at radius 1 is 1.00 bits per heavy atom. The molecule has 0 spiro atoms. The molecule has 0 aromatic heterocycles. The van der Waals surface area contributed by atoms with E-state index in [9.17, 15) is 0 Å². The quantitative estimate of drug-likeness (QED) is 0.482. The van der Waals surface area contributed by atoms with Crippen molar-refractivity contribution in [2.24, 2.45) is 11.5 Å². The first-order chi connectivity index (χ1) is 1.91. The van der Waals surface area contributed by atoms with Crippen LogP contribution in [0.5, 0.6) is 0 Å². The summed E-state index contributed by atoms with van der Waals surface area (Å²) in [5.41, 5.74) is 9.81. The van der Waals surface area contributed by atoms with Gasteiger partial charge in [0.25, 0.3) is 0 Å². The smallest absolute Gasteiger partial charge is 0.329 e. The Labute approximate surface area is 44.7 Å². The third kappa shape index (κ3) is 12.3. The molecule has 0 aliphatic carbocycles. The van der Waals surface area contributed by atoms with Gasteiger partial charge in [0.2, 0.25) is 0 Å². The molecule has 0 radical (unpaired) electrons. The molecule has 5 heavy (non-hydrogen) atoms. The SMILES string of the molecule is NCCN.[Rh+3]. The first-order valence-corrected chi connectivity index (χ1v) is 1.32. The molecule has 0 fully saturated rings. The van der Waals surface area contributed by atoms with Crippen molar-refractivity contribution in [2.45, 2.75) is 0 Å². The Bertz CT molecular complexity index is 9.61. The predicted octanol–water partition coefficient (Wildman–Crippen LogP) is -1.10. The Morgan fingerprint density at radius 2 is 1.20 bits per heavy atom. The third-order valence-corrected chi connectivity index (χ3v) is 0.167. The molecule has 0 aromatic carbocycles. The average Bonchev–Trinajstić information content (AvgIpc) is 1.37. The first-order valence-electron chi connectivity index (χ1n) is 1.32. The molecular weight excluding hydrogens is 155 g/mol. The van der Waals surface area contributed by atoms with E-state index in [-0.39, 0.29) is 19.5 Å². The Morgan fingerprint density at radius 3 is 1.20 bits per heavy atom. The summed E-state index contributed by atoms with van der Waals surface area (Å²) in [5.74, 6) is 0. The number of nitrogens with two attached hydrogens (primary N) is 2. The van der Waals surface area contributed by atoms with E-state index in [1.807, 2.05) is 0 Å². The van der Waals surface area contributed by atoms with Crippen molar-refractivity contribution in [3.8, 4) is 0 Å². The van der Waals surface area contributed by atoms with Crippen LogP contribution in [0, 0.1) is 0 Å². The number of hydrogen-bond acceptors (Lipinski definition) is 2. The molecule has 0 aromatic rings. The molecule has 0 amide bonds. The van der Waals surface area contributed by atoms with Crippen molar-refractivity contribution in [1.82, 2.24) is 0 Å². The van der Waals surface area contributed by atoms with Gasteiger partial charge in [-0.25, -0.2) is 0 Å². The maximum Gasteiger partial charge on any atom is 3.00 e. The molecule has 0 atom stereocenters.